The van der Waals surface area contributed by atoms with E-state index in [2.05, 4.69) is 5.32 Å². The number of nitrogens with one attached hydrogen (secondary N) is 1. The third-order valence-corrected chi connectivity index (χ3v) is 4.15. The highest BCUT2D eigenvalue weighted by atomic mass is 35.5. The topological polar surface area (TPSA) is 58.6 Å². The molecule has 1 fully saturated rings. The molecule has 5 nitrogen and oxygen atoms in total. The molecular weight excluding hydrogens is 316 g/mol. The van der Waals surface area contributed by atoms with Gasteiger partial charge in [0.05, 0.1) is 5.92 Å². The molecule has 1 aliphatic heterocycles. The highest BCUT2D eigenvalue weighted by molar-refractivity contribution is 6.31. The Labute approximate surface area is 141 Å². The quantitative estimate of drug-likeness (QED) is 0.891. The van der Waals surface area contributed by atoms with Gasteiger partial charge in [-0.2, -0.15) is 0 Å². The van der Waals surface area contributed by atoms with Gasteiger partial charge in [-0.15, -0.1) is 0 Å². The Morgan fingerprint density at radius 1 is 1.35 bits per heavy atom. The third-order valence-electron chi connectivity index (χ3n) is 3.74. The number of hydrogen-bond acceptors (Lipinski definition) is 3. The predicted octanol–water partition coefficient (Wildman–Crippen LogP) is 3.84. The zero-order chi connectivity index (χ0) is 17.2. The summed E-state index contributed by atoms with van der Waals surface area (Å²) in [7, 11) is 0. The summed E-state index contributed by atoms with van der Waals surface area (Å²) in [5.74, 6) is -0.331. The summed E-state index contributed by atoms with van der Waals surface area (Å²) in [6, 6.07) is 5.40. The summed E-state index contributed by atoms with van der Waals surface area (Å²) in [6.45, 7) is 8.24. The molecule has 0 aliphatic carbocycles. The van der Waals surface area contributed by atoms with E-state index in [0.717, 1.165) is 5.56 Å². The largest absolute Gasteiger partial charge is 0.444 e. The Hall–Kier alpha value is -1.75. The van der Waals surface area contributed by atoms with Gasteiger partial charge in [0.1, 0.15) is 5.60 Å². The number of nitrogens with zero attached hydrogens (tertiary/aromatic N) is 1. The number of halogens is 1. The van der Waals surface area contributed by atoms with Gasteiger partial charge in [0.2, 0.25) is 5.91 Å². The van der Waals surface area contributed by atoms with Crippen LogP contribution in [0.25, 0.3) is 0 Å². The molecule has 0 saturated carbocycles. The second kappa shape index (κ2) is 6.79. The van der Waals surface area contributed by atoms with E-state index >= 15 is 0 Å². The molecule has 1 heterocycles. The molecule has 1 aromatic carbocycles. The Morgan fingerprint density at radius 3 is 2.70 bits per heavy atom. The molecular formula is C17H23ClN2O3. The van der Waals surface area contributed by atoms with Gasteiger partial charge in [0, 0.05) is 23.8 Å². The maximum Gasteiger partial charge on any atom is 0.410 e. The number of ether oxygens (including phenoxy) is 1. The van der Waals surface area contributed by atoms with Gasteiger partial charge in [0.15, 0.2) is 0 Å². The third kappa shape index (κ3) is 4.61. The fourth-order valence-electron chi connectivity index (χ4n) is 2.44. The van der Waals surface area contributed by atoms with Crippen molar-refractivity contribution in [1.29, 1.82) is 0 Å². The Kier molecular flexibility index (Phi) is 5.19. The van der Waals surface area contributed by atoms with Crippen molar-refractivity contribution in [3.8, 4) is 0 Å². The molecule has 6 heteroatoms. The van der Waals surface area contributed by atoms with E-state index in [1.165, 1.54) is 0 Å². The second-order valence-electron chi connectivity index (χ2n) is 6.81. The zero-order valence-corrected chi connectivity index (χ0v) is 14.7. The highest BCUT2D eigenvalue weighted by Gasteiger charge is 2.33. The summed E-state index contributed by atoms with van der Waals surface area (Å²) < 4.78 is 5.34. The van der Waals surface area contributed by atoms with E-state index in [0.29, 0.717) is 30.2 Å². The van der Waals surface area contributed by atoms with Crippen molar-refractivity contribution >= 4 is 29.3 Å². The number of benzene rings is 1. The van der Waals surface area contributed by atoms with Crippen LogP contribution in [-0.2, 0) is 9.53 Å². The van der Waals surface area contributed by atoms with E-state index in [-0.39, 0.29) is 17.9 Å². The normalized spacial score (nSPS) is 18.0. The number of carbonyl (C=O) groups excluding carboxylic acids is 2. The second-order valence-corrected chi connectivity index (χ2v) is 7.22. The molecule has 23 heavy (non-hydrogen) atoms. The fraction of sp³-hybridized carbons (Fsp3) is 0.529. The lowest BCUT2D eigenvalue weighted by molar-refractivity contribution is -0.119. The van der Waals surface area contributed by atoms with Gasteiger partial charge < -0.3 is 15.0 Å². The maximum absolute atomic E-state index is 12.4. The van der Waals surface area contributed by atoms with E-state index in [1.807, 2.05) is 33.8 Å². The fourth-order valence-corrected chi connectivity index (χ4v) is 2.62. The van der Waals surface area contributed by atoms with E-state index in [1.54, 1.807) is 17.0 Å². The van der Waals surface area contributed by atoms with Crippen molar-refractivity contribution in [1.82, 2.24) is 4.90 Å². The van der Waals surface area contributed by atoms with Crippen molar-refractivity contribution in [3.05, 3.63) is 28.8 Å². The van der Waals surface area contributed by atoms with Crippen LogP contribution >= 0.6 is 11.6 Å². The smallest absolute Gasteiger partial charge is 0.410 e. The van der Waals surface area contributed by atoms with Crippen LogP contribution in [0.4, 0.5) is 10.5 Å². The van der Waals surface area contributed by atoms with Crippen LogP contribution in [0.2, 0.25) is 5.02 Å². The van der Waals surface area contributed by atoms with Crippen molar-refractivity contribution < 1.29 is 14.3 Å². The van der Waals surface area contributed by atoms with E-state index in [4.69, 9.17) is 16.3 Å². The lowest BCUT2D eigenvalue weighted by Crippen LogP contribution is -2.36. The molecule has 2 amide bonds. The predicted molar refractivity (Wildman–Crippen MR) is 90.7 cm³/mol. The highest BCUT2D eigenvalue weighted by Crippen LogP contribution is 2.25. The molecule has 0 bridgehead atoms. The first-order chi connectivity index (χ1) is 10.7. The lowest BCUT2D eigenvalue weighted by Gasteiger charge is -2.24. The average molecular weight is 339 g/mol. The number of rotatable bonds is 2. The summed E-state index contributed by atoms with van der Waals surface area (Å²) >= 11 is 6.06. The van der Waals surface area contributed by atoms with Gasteiger partial charge in [0.25, 0.3) is 0 Å². The Balaban J connectivity index is 1.95. The summed E-state index contributed by atoms with van der Waals surface area (Å²) in [4.78, 5) is 26.0. The summed E-state index contributed by atoms with van der Waals surface area (Å²) in [6.07, 6.45) is 0.261. The molecule has 0 aromatic heterocycles. The van der Waals surface area contributed by atoms with Gasteiger partial charge >= 0.3 is 6.09 Å². The molecule has 0 radical (unpaired) electrons. The van der Waals surface area contributed by atoms with Gasteiger partial charge in [-0.3, -0.25) is 4.79 Å². The van der Waals surface area contributed by atoms with Gasteiger partial charge in [-0.1, -0.05) is 17.7 Å². The van der Waals surface area contributed by atoms with E-state index in [9.17, 15) is 9.59 Å². The Morgan fingerprint density at radius 2 is 2.04 bits per heavy atom. The van der Waals surface area contributed by atoms with Crippen LogP contribution < -0.4 is 5.32 Å². The molecule has 0 spiro atoms. The van der Waals surface area contributed by atoms with Crippen LogP contribution in [0.1, 0.15) is 32.8 Å². The standard InChI is InChI=1S/C17H23ClN2O3/c1-11-13(18)6-5-7-14(11)19-15(21)12-8-9-20(10-12)16(22)23-17(2,3)4/h5-7,12H,8-10H2,1-4H3,(H,19,21). The summed E-state index contributed by atoms with van der Waals surface area (Å²) in [5, 5.41) is 3.51. The summed E-state index contributed by atoms with van der Waals surface area (Å²) in [5.41, 5.74) is 1.01. The number of hydrogen-bond donors (Lipinski definition) is 1. The minimum absolute atomic E-state index is 0.0959. The van der Waals surface area contributed by atoms with Crippen LogP contribution in [-0.4, -0.2) is 35.6 Å². The number of likely N-dealkylation sites (tertiary alicyclic amines) is 1. The first kappa shape index (κ1) is 17.6. The van der Waals surface area contributed by atoms with Crippen LogP contribution in [0.5, 0.6) is 0 Å². The molecule has 126 valence electrons. The molecule has 2 rings (SSSR count). The lowest BCUT2D eigenvalue weighted by atomic mass is 10.1. The van der Waals surface area contributed by atoms with Crippen molar-refractivity contribution in [2.24, 2.45) is 5.92 Å². The monoisotopic (exact) mass is 338 g/mol. The number of anilines is 1. The molecule has 1 atom stereocenters. The minimum atomic E-state index is -0.532. The molecule has 1 aliphatic rings. The maximum atomic E-state index is 12.4. The average Bonchev–Trinajstić information content (AvgIpc) is 2.92. The number of carbonyl (C=O) groups is 2. The molecule has 1 aromatic rings. The van der Waals surface area contributed by atoms with Crippen molar-refractivity contribution in [3.63, 3.8) is 0 Å². The van der Waals surface area contributed by atoms with Crippen LogP contribution in [0.3, 0.4) is 0 Å². The van der Waals surface area contributed by atoms with Crippen LogP contribution in [0.15, 0.2) is 18.2 Å². The Bertz CT molecular complexity index is 610. The molecule has 1 N–H and O–H groups in total. The van der Waals surface area contributed by atoms with Gasteiger partial charge in [-0.05, 0) is 51.8 Å². The van der Waals surface area contributed by atoms with Crippen LogP contribution in [0, 0.1) is 12.8 Å². The molecule has 1 unspecified atom stereocenters. The zero-order valence-electron chi connectivity index (χ0n) is 14.0. The van der Waals surface area contributed by atoms with E-state index < -0.39 is 5.60 Å². The first-order valence-electron chi connectivity index (χ1n) is 7.71. The van der Waals surface area contributed by atoms with Gasteiger partial charge in [-0.25, -0.2) is 4.79 Å². The first-order valence-corrected chi connectivity index (χ1v) is 8.09. The van der Waals surface area contributed by atoms with Crippen molar-refractivity contribution in [2.75, 3.05) is 18.4 Å². The molecule has 1 saturated heterocycles. The van der Waals surface area contributed by atoms with Crippen molar-refractivity contribution in [2.45, 2.75) is 39.7 Å². The number of amides is 2. The SMILES string of the molecule is Cc1c(Cl)cccc1NC(=O)C1CCN(C(=O)OC(C)(C)C)C1. The minimum Gasteiger partial charge on any atom is -0.444 e.